The average Bonchev–Trinajstić information content (AvgIpc) is 2.79. The van der Waals surface area contributed by atoms with E-state index in [1.807, 2.05) is 6.07 Å². The minimum Gasteiger partial charge on any atom is -0.478 e. The molecular formula is C25H28N2O3. The molecule has 1 saturated heterocycles. The van der Waals surface area contributed by atoms with Crippen molar-refractivity contribution in [2.45, 2.75) is 25.5 Å². The molecule has 156 valence electrons. The summed E-state index contributed by atoms with van der Waals surface area (Å²) in [6.45, 7) is 5.26. The predicted molar refractivity (Wildman–Crippen MR) is 120 cm³/mol. The molecular weight excluding hydrogens is 376 g/mol. The van der Waals surface area contributed by atoms with Crippen LogP contribution in [-0.4, -0.2) is 43.4 Å². The summed E-state index contributed by atoms with van der Waals surface area (Å²) in [5, 5.41) is 15.4. The van der Waals surface area contributed by atoms with Crippen molar-refractivity contribution in [2.24, 2.45) is 0 Å². The van der Waals surface area contributed by atoms with Gasteiger partial charge >= 0.3 is 5.97 Å². The quantitative estimate of drug-likeness (QED) is 0.608. The summed E-state index contributed by atoms with van der Waals surface area (Å²) in [5.41, 5.74) is 2.58. The Morgan fingerprint density at radius 2 is 1.97 bits per heavy atom. The Balaban J connectivity index is 1.34. The molecule has 0 amide bonds. The van der Waals surface area contributed by atoms with E-state index in [1.54, 1.807) is 18.2 Å². The molecule has 5 heteroatoms. The molecule has 2 atom stereocenters. The van der Waals surface area contributed by atoms with Gasteiger partial charge in [-0.2, -0.15) is 0 Å². The monoisotopic (exact) mass is 404 g/mol. The third kappa shape index (κ3) is 4.64. The number of carbonyl (C=O) groups is 1. The molecule has 0 saturated carbocycles. The lowest BCUT2D eigenvalue weighted by atomic mass is 9.99. The number of carboxylic acid groups (broad SMARTS) is 1. The van der Waals surface area contributed by atoms with E-state index < -0.39 is 5.97 Å². The number of hydrogen-bond donors (Lipinski definition) is 2. The number of nitrogens with one attached hydrogen (secondary N) is 1. The summed E-state index contributed by atoms with van der Waals surface area (Å²) in [5.74, 6) is -0.895. The number of fused-ring (bicyclic) bond motifs is 1. The molecule has 3 aromatic rings. The van der Waals surface area contributed by atoms with Crippen LogP contribution in [0.15, 0.2) is 66.7 Å². The number of morpholine rings is 1. The molecule has 30 heavy (non-hydrogen) atoms. The maximum atomic E-state index is 11.3. The highest BCUT2D eigenvalue weighted by Crippen LogP contribution is 2.24. The van der Waals surface area contributed by atoms with Gasteiger partial charge in [-0.25, -0.2) is 4.79 Å². The van der Waals surface area contributed by atoms with Crippen molar-refractivity contribution in [2.75, 3.05) is 31.1 Å². The van der Waals surface area contributed by atoms with Crippen LogP contribution in [0, 0.1) is 0 Å². The predicted octanol–water partition coefficient (Wildman–Crippen LogP) is 4.48. The van der Waals surface area contributed by atoms with E-state index >= 15 is 0 Å². The summed E-state index contributed by atoms with van der Waals surface area (Å²) in [4.78, 5) is 13.5. The number of ether oxygens (including phenoxy) is 1. The third-order valence-corrected chi connectivity index (χ3v) is 5.80. The summed E-state index contributed by atoms with van der Waals surface area (Å²) in [6.07, 6.45) is 1.03. The molecule has 2 N–H and O–H groups in total. The van der Waals surface area contributed by atoms with Gasteiger partial charge < -0.3 is 20.1 Å². The van der Waals surface area contributed by atoms with Crippen molar-refractivity contribution in [3.8, 4) is 0 Å². The van der Waals surface area contributed by atoms with Crippen LogP contribution in [0.4, 0.5) is 5.69 Å². The SMILES string of the molecule is C[C@@H](NCCC1CN(c2cccc(C(=O)O)c2)CCO1)c1cccc2ccccc12. The zero-order chi connectivity index (χ0) is 20.9. The average molecular weight is 405 g/mol. The van der Waals surface area contributed by atoms with E-state index in [1.165, 1.54) is 16.3 Å². The highest BCUT2D eigenvalue weighted by molar-refractivity contribution is 5.89. The fourth-order valence-electron chi connectivity index (χ4n) is 4.16. The smallest absolute Gasteiger partial charge is 0.335 e. The third-order valence-electron chi connectivity index (χ3n) is 5.80. The van der Waals surface area contributed by atoms with E-state index in [9.17, 15) is 9.90 Å². The van der Waals surface area contributed by atoms with Crippen molar-refractivity contribution in [3.05, 3.63) is 77.9 Å². The Hall–Kier alpha value is -2.89. The number of anilines is 1. The number of hydrogen-bond acceptors (Lipinski definition) is 4. The Morgan fingerprint density at radius 1 is 1.17 bits per heavy atom. The van der Waals surface area contributed by atoms with Gasteiger partial charge in [0.1, 0.15) is 0 Å². The first-order chi connectivity index (χ1) is 14.6. The fraction of sp³-hybridized carbons (Fsp3) is 0.320. The van der Waals surface area contributed by atoms with Crippen LogP contribution >= 0.6 is 0 Å². The Bertz CT molecular complexity index is 1010. The van der Waals surface area contributed by atoms with Crippen LogP contribution in [0.3, 0.4) is 0 Å². The van der Waals surface area contributed by atoms with Crippen LogP contribution in [0.25, 0.3) is 10.8 Å². The lowest BCUT2D eigenvalue weighted by molar-refractivity contribution is 0.0351. The van der Waals surface area contributed by atoms with E-state index in [0.717, 1.165) is 31.7 Å². The second-order valence-corrected chi connectivity index (χ2v) is 7.83. The van der Waals surface area contributed by atoms with Gasteiger partial charge in [-0.05, 0) is 54.4 Å². The minimum absolute atomic E-state index is 0.124. The van der Waals surface area contributed by atoms with E-state index in [0.29, 0.717) is 12.2 Å². The van der Waals surface area contributed by atoms with Crippen molar-refractivity contribution >= 4 is 22.4 Å². The van der Waals surface area contributed by atoms with Crippen LogP contribution in [0.1, 0.15) is 35.3 Å². The van der Waals surface area contributed by atoms with Gasteiger partial charge in [0.05, 0.1) is 18.3 Å². The molecule has 1 unspecified atom stereocenters. The van der Waals surface area contributed by atoms with E-state index in [2.05, 4.69) is 59.6 Å². The first kappa shape index (κ1) is 20.4. The van der Waals surface area contributed by atoms with E-state index in [4.69, 9.17) is 4.74 Å². The largest absolute Gasteiger partial charge is 0.478 e. The molecule has 4 rings (SSSR count). The fourth-order valence-corrected chi connectivity index (χ4v) is 4.16. The van der Waals surface area contributed by atoms with Crippen LogP contribution < -0.4 is 10.2 Å². The topological polar surface area (TPSA) is 61.8 Å². The molecule has 5 nitrogen and oxygen atoms in total. The summed E-state index contributed by atoms with van der Waals surface area (Å²) in [6, 6.07) is 22.3. The number of carboxylic acids is 1. The summed E-state index contributed by atoms with van der Waals surface area (Å²) in [7, 11) is 0. The number of benzene rings is 3. The molecule has 1 aliphatic rings. The van der Waals surface area contributed by atoms with Crippen molar-refractivity contribution in [1.29, 1.82) is 0 Å². The zero-order valence-electron chi connectivity index (χ0n) is 17.3. The molecule has 1 fully saturated rings. The van der Waals surface area contributed by atoms with Gasteiger partial charge in [-0.1, -0.05) is 48.5 Å². The van der Waals surface area contributed by atoms with Gasteiger partial charge in [-0.15, -0.1) is 0 Å². The van der Waals surface area contributed by atoms with Gasteiger partial charge in [0.2, 0.25) is 0 Å². The maximum absolute atomic E-state index is 11.3. The lowest BCUT2D eigenvalue weighted by Gasteiger charge is -2.35. The lowest BCUT2D eigenvalue weighted by Crippen LogP contribution is -2.43. The Kier molecular flexibility index (Phi) is 6.31. The minimum atomic E-state index is -0.895. The molecule has 0 aromatic heterocycles. The van der Waals surface area contributed by atoms with Gasteiger partial charge in [-0.3, -0.25) is 0 Å². The first-order valence-corrected chi connectivity index (χ1v) is 10.5. The molecule has 0 spiro atoms. The Labute approximate surface area is 177 Å². The Morgan fingerprint density at radius 3 is 2.83 bits per heavy atom. The van der Waals surface area contributed by atoms with Crippen LogP contribution in [0.5, 0.6) is 0 Å². The second-order valence-electron chi connectivity index (χ2n) is 7.83. The van der Waals surface area contributed by atoms with Gasteiger partial charge in [0, 0.05) is 24.8 Å². The molecule has 3 aromatic carbocycles. The van der Waals surface area contributed by atoms with Crippen molar-refractivity contribution < 1.29 is 14.6 Å². The standard InChI is InChI=1S/C25H28N2O3/c1-18(23-11-5-7-19-6-2-3-10-24(19)23)26-13-12-22-17-27(14-15-30-22)21-9-4-8-20(16-21)25(28)29/h2-11,16,18,22,26H,12-15,17H2,1H3,(H,28,29)/t18-,22?/m1/s1. The first-order valence-electron chi connectivity index (χ1n) is 10.5. The molecule has 1 aliphatic heterocycles. The van der Waals surface area contributed by atoms with Crippen LogP contribution in [0.2, 0.25) is 0 Å². The summed E-state index contributed by atoms with van der Waals surface area (Å²) < 4.78 is 5.97. The maximum Gasteiger partial charge on any atom is 0.335 e. The number of nitrogens with zero attached hydrogens (tertiary/aromatic N) is 1. The number of rotatable bonds is 7. The molecule has 0 bridgehead atoms. The molecule has 1 heterocycles. The van der Waals surface area contributed by atoms with Gasteiger partial charge in [0.15, 0.2) is 0 Å². The molecule has 0 aliphatic carbocycles. The second kappa shape index (κ2) is 9.28. The van der Waals surface area contributed by atoms with Crippen molar-refractivity contribution in [1.82, 2.24) is 5.32 Å². The van der Waals surface area contributed by atoms with Crippen molar-refractivity contribution in [3.63, 3.8) is 0 Å². The summed E-state index contributed by atoms with van der Waals surface area (Å²) >= 11 is 0. The van der Waals surface area contributed by atoms with Gasteiger partial charge in [0.25, 0.3) is 0 Å². The highest BCUT2D eigenvalue weighted by atomic mass is 16.5. The normalized spacial score (nSPS) is 17.8. The molecule has 0 radical (unpaired) electrons. The van der Waals surface area contributed by atoms with E-state index in [-0.39, 0.29) is 12.1 Å². The highest BCUT2D eigenvalue weighted by Gasteiger charge is 2.21. The number of aromatic carboxylic acids is 1. The van der Waals surface area contributed by atoms with Crippen LogP contribution in [-0.2, 0) is 4.74 Å². The zero-order valence-corrected chi connectivity index (χ0v) is 17.3.